The van der Waals surface area contributed by atoms with E-state index >= 15 is 0 Å². The molecule has 0 saturated carbocycles. The minimum Gasteiger partial charge on any atom is -0.228 e. The molecule has 0 saturated heterocycles. The average molecular weight is 711 g/mol. The fourth-order valence-corrected chi connectivity index (χ4v) is 8.01. The van der Waals surface area contributed by atoms with Crippen LogP contribution in [0.5, 0.6) is 0 Å². The number of hydrogen-bond donors (Lipinski definition) is 0. The van der Waals surface area contributed by atoms with Gasteiger partial charge in [0.1, 0.15) is 0 Å². The van der Waals surface area contributed by atoms with Gasteiger partial charge >= 0.3 is 0 Å². The van der Waals surface area contributed by atoms with Crippen molar-refractivity contribution in [3.8, 4) is 67.3 Å². The van der Waals surface area contributed by atoms with Crippen molar-refractivity contribution >= 4 is 31.5 Å². The van der Waals surface area contributed by atoms with Crippen LogP contribution in [0.25, 0.3) is 87.5 Å². The zero-order chi connectivity index (χ0) is 36.7. The summed E-state index contributed by atoms with van der Waals surface area (Å²) in [5, 5.41) is 2.53. The largest absolute Gasteiger partial charge is 0.228 e. The van der Waals surface area contributed by atoms with Crippen molar-refractivity contribution in [1.29, 1.82) is 0 Å². The Kier molecular flexibility index (Phi) is 10.1. The predicted octanol–water partition coefficient (Wildman–Crippen LogP) is 14.6. The molecule has 3 heteroatoms. The van der Waals surface area contributed by atoms with Gasteiger partial charge < -0.3 is 0 Å². The van der Waals surface area contributed by atoms with E-state index in [0.717, 1.165) is 50.3 Å². The van der Waals surface area contributed by atoms with Gasteiger partial charge in [0.05, 0.1) is 11.4 Å². The van der Waals surface area contributed by atoms with Crippen LogP contribution in [0.1, 0.15) is 6.92 Å². The zero-order valence-corrected chi connectivity index (χ0v) is 30.9. The van der Waals surface area contributed by atoms with Crippen molar-refractivity contribution in [2.24, 2.45) is 0 Å². The summed E-state index contributed by atoms with van der Waals surface area (Å²) >= 11 is 1.82. The molecule has 9 aromatic rings. The molecule has 54 heavy (non-hydrogen) atoms. The standard InChI is InChI=1S/C46H30N2S.C5H8/c1-4-14-31(15-5-1)34-20-12-21-35(26-34)37-27-36(32-16-6-2-7-17-32)28-38(29-37)46-47-42(33-18-8-3-9-19-33)30-43(48-46)41-24-13-23-40-39-22-10-11-25-44(39)49-45(40)41;1-3-5-4-2/h1-30H;3-5H,1H2,2H3/b;5-4-. The first-order chi connectivity index (χ1) is 26.7. The Balaban J connectivity index is 0.000000778. The molecule has 7 aromatic carbocycles. The van der Waals surface area contributed by atoms with E-state index in [1.165, 1.54) is 31.3 Å². The second-order valence-electron chi connectivity index (χ2n) is 13.0. The quantitative estimate of drug-likeness (QED) is 0.154. The number of allylic oxidation sites excluding steroid dienone is 3. The van der Waals surface area contributed by atoms with Crippen LogP contribution < -0.4 is 0 Å². The molecular formula is C51H38N2S. The van der Waals surface area contributed by atoms with Crippen LogP contribution in [0.3, 0.4) is 0 Å². The van der Waals surface area contributed by atoms with Gasteiger partial charge in [-0.1, -0.05) is 170 Å². The molecule has 2 nitrogen and oxygen atoms in total. The normalized spacial score (nSPS) is 11.1. The van der Waals surface area contributed by atoms with Gasteiger partial charge in [-0.05, 0) is 76.7 Å². The van der Waals surface area contributed by atoms with E-state index in [4.69, 9.17) is 9.97 Å². The van der Waals surface area contributed by atoms with E-state index in [1.54, 1.807) is 6.08 Å². The van der Waals surface area contributed by atoms with Crippen molar-refractivity contribution in [2.75, 3.05) is 0 Å². The maximum atomic E-state index is 5.35. The molecule has 0 atom stereocenters. The van der Waals surface area contributed by atoms with E-state index in [-0.39, 0.29) is 0 Å². The summed E-state index contributed by atoms with van der Waals surface area (Å²) in [5.41, 5.74) is 11.9. The van der Waals surface area contributed by atoms with E-state index in [1.807, 2.05) is 36.5 Å². The molecule has 0 N–H and O–H groups in total. The van der Waals surface area contributed by atoms with Gasteiger partial charge in [0.15, 0.2) is 5.82 Å². The first kappa shape index (κ1) is 34.4. The molecule has 0 aliphatic heterocycles. The van der Waals surface area contributed by atoms with E-state index in [9.17, 15) is 0 Å². The number of hydrogen-bond acceptors (Lipinski definition) is 3. The highest BCUT2D eigenvalue weighted by Gasteiger charge is 2.17. The molecule has 2 aromatic heterocycles. The van der Waals surface area contributed by atoms with Crippen LogP contribution in [0.15, 0.2) is 207 Å². The van der Waals surface area contributed by atoms with Crippen LogP contribution in [0, 0.1) is 0 Å². The lowest BCUT2D eigenvalue weighted by atomic mass is 9.94. The highest BCUT2D eigenvalue weighted by atomic mass is 32.1. The third-order valence-corrected chi connectivity index (χ3v) is 10.6. The lowest BCUT2D eigenvalue weighted by Crippen LogP contribution is -1.97. The number of rotatable bonds is 7. The van der Waals surface area contributed by atoms with Gasteiger partial charge in [-0.15, -0.1) is 11.3 Å². The van der Waals surface area contributed by atoms with Gasteiger partial charge in [0.2, 0.25) is 0 Å². The number of aromatic nitrogens is 2. The minimum absolute atomic E-state index is 0.702. The van der Waals surface area contributed by atoms with Crippen molar-refractivity contribution in [2.45, 2.75) is 6.92 Å². The van der Waals surface area contributed by atoms with E-state index in [0.29, 0.717) is 5.82 Å². The molecule has 0 aliphatic carbocycles. The Morgan fingerprint density at radius 2 is 0.944 bits per heavy atom. The van der Waals surface area contributed by atoms with Crippen molar-refractivity contribution in [3.63, 3.8) is 0 Å². The van der Waals surface area contributed by atoms with Gasteiger partial charge in [-0.25, -0.2) is 9.97 Å². The van der Waals surface area contributed by atoms with Gasteiger partial charge in [-0.2, -0.15) is 0 Å². The van der Waals surface area contributed by atoms with E-state index < -0.39 is 0 Å². The molecule has 2 heterocycles. The Hall–Kier alpha value is -6.68. The van der Waals surface area contributed by atoms with Crippen LogP contribution in [-0.2, 0) is 0 Å². The summed E-state index contributed by atoms with van der Waals surface area (Å²) in [6, 6.07) is 64.4. The van der Waals surface area contributed by atoms with Gasteiger partial charge in [-0.3, -0.25) is 0 Å². The lowest BCUT2D eigenvalue weighted by Gasteiger charge is -2.14. The van der Waals surface area contributed by atoms with Crippen LogP contribution >= 0.6 is 11.3 Å². The Bertz CT molecular complexity index is 2730. The highest BCUT2D eigenvalue weighted by Crippen LogP contribution is 2.41. The smallest absolute Gasteiger partial charge is 0.160 e. The molecule has 0 fully saturated rings. The van der Waals surface area contributed by atoms with Crippen LogP contribution in [-0.4, -0.2) is 9.97 Å². The topological polar surface area (TPSA) is 25.8 Å². The summed E-state index contributed by atoms with van der Waals surface area (Å²) in [6.07, 6.45) is 5.58. The predicted molar refractivity (Wildman–Crippen MR) is 233 cm³/mol. The fourth-order valence-electron chi connectivity index (χ4n) is 6.79. The summed E-state index contributed by atoms with van der Waals surface area (Å²) < 4.78 is 2.52. The third-order valence-electron chi connectivity index (χ3n) is 9.41. The Morgan fingerprint density at radius 3 is 1.61 bits per heavy atom. The molecule has 0 unspecified atom stereocenters. The zero-order valence-electron chi connectivity index (χ0n) is 30.1. The molecule has 0 amide bonds. The van der Waals surface area contributed by atoms with Gasteiger partial charge in [0, 0.05) is 36.9 Å². The Labute approximate surface area is 321 Å². The number of benzene rings is 7. The number of fused-ring (bicyclic) bond motifs is 3. The molecule has 0 aliphatic rings. The second-order valence-corrected chi connectivity index (χ2v) is 14.0. The molecule has 258 valence electrons. The van der Waals surface area contributed by atoms with Crippen molar-refractivity contribution in [3.05, 3.63) is 207 Å². The molecular weight excluding hydrogens is 673 g/mol. The van der Waals surface area contributed by atoms with Gasteiger partial charge in [0.25, 0.3) is 0 Å². The minimum atomic E-state index is 0.702. The lowest BCUT2D eigenvalue weighted by molar-refractivity contribution is 1.19. The molecule has 0 spiro atoms. The van der Waals surface area contributed by atoms with Crippen molar-refractivity contribution < 1.29 is 0 Å². The summed E-state index contributed by atoms with van der Waals surface area (Å²) in [4.78, 5) is 10.6. The SMILES string of the molecule is C=C/C=C\C.c1ccc(-c2cccc(-c3cc(-c4ccccc4)cc(-c4nc(-c5ccccc5)cc(-c5cccc6c5sc5ccccc56)n4)c3)c2)cc1. The molecule has 0 bridgehead atoms. The third kappa shape index (κ3) is 7.31. The average Bonchev–Trinajstić information content (AvgIpc) is 3.64. The maximum absolute atomic E-state index is 5.35. The van der Waals surface area contributed by atoms with Crippen LogP contribution in [0.2, 0.25) is 0 Å². The second kappa shape index (κ2) is 15.9. The van der Waals surface area contributed by atoms with Crippen LogP contribution in [0.4, 0.5) is 0 Å². The highest BCUT2D eigenvalue weighted by molar-refractivity contribution is 7.26. The monoisotopic (exact) mass is 710 g/mol. The molecule has 0 radical (unpaired) electrons. The summed E-state index contributed by atoms with van der Waals surface area (Å²) in [6.45, 7) is 5.42. The summed E-state index contributed by atoms with van der Waals surface area (Å²) in [5.74, 6) is 0.702. The van der Waals surface area contributed by atoms with E-state index in [2.05, 4.69) is 183 Å². The van der Waals surface area contributed by atoms with Crippen molar-refractivity contribution in [1.82, 2.24) is 9.97 Å². The maximum Gasteiger partial charge on any atom is 0.160 e. The fraction of sp³-hybridized carbons (Fsp3) is 0.0196. The first-order valence-electron chi connectivity index (χ1n) is 18.1. The number of thiophene rings is 1. The Morgan fingerprint density at radius 1 is 0.444 bits per heavy atom. The first-order valence-corrected chi connectivity index (χ1v) is 19.0. The summed E-state index contributed by atoms with van der Waals surface area (Å²) in [7, 11) is 0. The number of nitrogens with zero attached hydrogens (tertiary/aromatic N) is 2. The molecule has 9 rings (SSSR count).